The fourth-order valence-corrected chi connectivity index (χ4v) is 4.35. The highest BCUT2D eigenvalue weighted by molar-refractivity contribution is 7.15. The number of ether oxygens (including phenoxy) is 2. The lowest BCUT2D eigenvalue weighted by Gasteiger charge is -2.09. The van der Waals surface area contributed by atoms with Crippen LogP contribution in [-0.4, -0.2) is 34.5 Å². The molecule has 0 fully saturated rings. The topological polar surface area (TPSA) is 81.9 Å². The number of amides is 1. The Morgan fingerprint density at radius 1 is 1.09 bits per heavy atom. The van der Waals surface area contributed by atoms with Gasteiger partial charge in [-0.15, -0.1) is 11.3 Å². The molecule has 0 radical (unpaired) electrons. The highest BCUT2D eigenvalue weighted by Gasteiger charge is 2.23. The number of aromatic nitrogens is 2. The Bertz CT molecular complexity index is 1210. The molecule has 0 saturated carbocycles. The van der Waals surface area contributed by atoms with Crippen molar-refractivity contribution in [2.45, 2.75) is 20.3 Å². The van der Waals surface area contributed by atoms with Crippen LogP contribution in [0.2, 0.25) is 0 Å². The molecule has 0 spiro atoms. The lowest BCUT2D eigenvalue weighted by atomic mass is 10.0. The number of carbonyl (C=O) groups excluding carboxylic acids is 2. The molecule has 0 unspecified atom stereocenters. The Balaban J connectivity index is 1.58. The summed E-state index contributed by atoms with van der Waals surface area (Å²) in [6.07, 6.45) is 3.80. The zero-order valence-electron chi connectivity index (χ0n) is 17.8. The molecule has 7 nitrogen and oxygen atoms in total. The minimum atomic E-state index is -0.472. The largest absolute Gasteiger partial charge is 0.494 e. The monoisotopic (exact) mass is 449 g/mol. The van der Waals surface area contributed by atoms with Crippen LogP contribution in [0.4, 0.5) is 5.00 Å². The zero-order valence-corrected chi connectivity index (χ0v) is 18.6. The van der Waals surface area contributed by atoms with Gasteiger partial charge in [-0.25, -0.2) is 9.78 Å². The van der Waals surface area contributed by atoms with E-state index in [9.17, 15) is 9.59 Å². The van der Waals surface area contributed by atoms with Crippen molar-refractivity contribution >= 4 is 33.9 Å². The van der Waals surface area contributed by atoms with Crippen LogP contribution in [0.1, 0.15) is 29.9 Å². The van der Waals surface area contributed by atoms with E-state index in [1.807, 2.05) is 71.6 Å². The van der Waals surface area contributed by atoms with E-state index >= 15 is 0 Å². The minimum Gasteiger partial charge on any atom is -0.494 e. The van der Waals surface area contributed by atoms with Crippen molar-refractivity contribution in [1.29, 1.82) is 0 Å². The summed E-state index contributed by atoms with van der Waals surface area (Å²) in [6.45, 7) is 4.50. The number of nitrogens with zero attached hydrogens (tertiary/aromatic N) is 2. The number of benzene rings is 1. The van der Waals surface area contributed by atoms with Crippen molar-refractivity contribution in [2.24, 2.45) is 0 Å². The molecule has 4 aromatic rings. The first-order valence-corrected chi connectivity index (χ1v) is 11.2. The molecule has 8 heteroatoms. The highest BCUT2D eigenvalue weighted by atomic mass is 32.1. The fraction of sp³-hybridized carbons (Fsp3) is 0.208. The van der Waals surface area contributed by atoms with Gasteiger partial charge in [-0.1, -0.05) is 18.2 Å². The predicted molar refractivity (Wildman–Crippen MR) is 124 cm³/mol. The van der Waals surface area contributed by atoms with Gasteiger partial charge in [0.25, 0.3) is 0 Å². The molecule has 164 valence electrons. The average Bonchev–Trinajstić information content (AvgIpc) is 3.38. The van der Waals surface area contributed by atoms with Crippen LogP contribution in [0.25, 0.3) is 16.8 Å². The minimum absolute atomic E-state index is 0.0975. The lowest BCUT2D eigenvalue weighted by Crippen LogP contribution is -2.16. The van der Waals surface area contributed by atoms with Gasteiger partial charge in [0.15, 0.2) is 0 Å². The fourth-order valence-electron chi connectivity index (χ4n) is 3.37. The van der Waals surface area contributed by atoms with E-state index in [0.29, 0.717) is 28.4 Å². The van der Waals surface area contributed by atoms with E-state index in [1.165, 1.54) is 11.3 Å². The molecule has 32 heavy (non-hydrogen) atoms. The van der Waals surface area contributed by atoms with E-state index in [-0.39, 0.29) is 18.9 Å². The zero-order chi connectivity index (χ0) is 22.5. The quantitative estimate of drug-likeness (QED) is 0.390. The molecule has 0 saturated heterocycles. The molecule has 1 N–H and O–H groups in total. The predicted octanol–water partition coefficient (Wildman–Crippen LogP) is 4.82. The molecule has 0 aliphatic heterocycles. The Hall–Kier alpha value is -3.65. The molecule has 3 heterocycles. The molecule has 0 atom stereocenters. The van der Waals surface area contributed by atoms with Gasteiger partial charge in [0.1, 0.15) is 22.0 Å². The van der Waals surface area contributed by atoms with E-state index in [2.05, 4.69) is 10.3 Å². The van der Waals surface area contributed by atoms with Gasteiger partial charge in [-0.2, -0.15) is 0 Å². The van der Waals surface area contributed by atoms with Gasteiger partial charge >= 0.3 is 5.97 Å². The van der Waals surface area contributed by atoms with Crippen LogP contribution < -0.4 is 10.1 Å². The number of hydrogen-bond donors (Lipinski definition) is 1. The number of rotatable bonds is 8. The maximum absolute atomic E-state index is 12.7. The number of pyridine rings is 1. The van der Waals surface area contributed by atoms with Gasteiger partial charge in [0.05, 0.1) is 25.3 Å². The average molecular weight is 450 g/mol. The summed E-state index contributed by atoms with van der Waals surface area (Å²) in [5.74, 6) is 0.0323. The lowest BCUT2D eigenvalue weighted by molar-refractivity contribution is -0.115. The van der Waals surface area contributed by atoms with Crippen molar-refractivity contribution in [2.75, 3.05) is 18.5 Å². The molecular weight excluding hydrogens is 426 g/mol. The van der Waals surface area contributed by atoms with Crippen molar-refractivity contribution in [3.63, 3.8) is 0 Å². The van der Waals surface area contributed by atoms with E-state index in [0.717, 1.165) is 17.0 Å². The highest BCUT2D eigenvalue weighted by Crippen LogP contribution is 2.37. The number of fused-ring (bicyclic) bond motifs is 1. The number of anilines is 1. The third kappa shape index (κ3) is 4.65. The number of thiophene rings is 1. The van der Waals surface area contributed by atoms with Crippen molar-refractivity contribution in [3.05, 3.63) is 71.5 Å². The maximum atomic E-state index is 12.7. The van der Waals surface area contributed by atoms with Crippen LogP contribution in [0.15, 0.2) is 60.2 Å². The number of imidazole rings is 1. The molecule has 0 bridgehead atoms. The summed E-state index contributed by atoms with van der Waals surface area (Å²) >= 11 is 1.29. The standard InChI is InChI=1S/C24H23N3O4S/c1-3-30-18-10-8-16(9-11-18)19-15-32-23(22(19)24(29)31-4-2)26-21(28)13-17-14-27-12-6-5-7-20(27)25-17/h5-12,14-15H,3-4,13H2,1-2H3,(H,26,28). The second kappa shape index (κ2) is 9.65. The van der Waals surface area contributed by atoms with E-state index in [1.54, 1.807) is 6.92 Å². The van der Waals surface area contributed by atoms with Crippen molar-refractivity contribution < 1.29 is 19.1 Å². The van der Waals surface area contributed by atoms with Gasteiger partial charge in [0, 0.05) is 23.3 Å². The third-order valence-electron chi connectivity index (χ3n) is 4.76. The molecule has 0 aliphatic carbocycles. The molecule has 4 rings (SSSR count). The van der Waals surface area contributed by atoms with Crippen LogP contribution in [-0.2, 0) is 16.0 Å². The van der Waals surface area contributed by atoms with Gasteiger partial charge in [-0.3, -0.25) is 4.79 Å². The first-order valence-electron chi connectivity index (χ1n) is 10.3. The smallest absolute Gasteiger partial charge is 0.341 e. The second-order valence-electron chi connectivity index (χ2n) is 6.95. The summed E-state index contributed by atoms with van der Waals surface area (Å²) in [5, 5.41) is 5.18. The van der Waals surface area contributed by atoms with Crippen molar-refractivity contribution in [3.8, 4) is 16.9 Å². The molecular formula is C24H23N3O4S. The molecule has 0 aliphatic rings. The van der Waals surface area contributed by atoms with Crippen molar-refractivity contribution in [1.82, 2.24) is 9.38 Å². The summed E-state index contributed by atoms with van der Waals surface area (Å²) in [4.78, 5) is 29.9. The number of carbonyl (C=O) groups is 2. The Morgan fingerprint density at radius 2 is 1.91 bits per heavy atom. The van der Waals surface area contributed by atoms with Gasteiger partial charge in [0.2, 0.25) is 5.91 Å². The van der Waals surface area contributed by atoms with Crippen LogP contribution in [0.5, 0.6) is 5.75 Å². The first-order chi connectivity index (χ1) is 15.6. The summed E-state index contributed by atoms with van der Waals surface area (Å²) in [7, 11) is 0. The van der Waals surface area contributed by atoms with Crippen LogP contribution in [0.3, 0.4) is 0 Å². The Kier molecular flexibility index (Phi) is 6.51. The molecule has 1 amide bonds. The van der Waals surface area contributed by atoms with Gasteiger partial charge < -0.3 is 19.2 Å². The molecule has 1 aromatic carbocycles. The third-order valence-corrected chi connectivity index (χ3v) is 5.65. The summed E-state index contributed by atoms with van der Waals surface area (Å²) in [6, 6.07) is 13.2. The second-order valence-corrected chi connectivity index (χ2v) is 7.83. The number of esters is 1. The maximum Gasteiger partial charge on any atom is 0.341 e. The van der Waals surface area contributed by atoms with E-state index < -0.39 is 5.97 Å². The number of nitrogens with one attached hydrogen (secondary N) is 1. The van der Waals surface area contributed by atoms with Crippen LogP contribution >= 0.6 is 11.3 Å². The summed E-state index contributed by atoms with van der Waals surface area (Å²) < 4.78 is 12.6. The normalized spacial score (nSPS) is 10.8. The van der Waals surface area contributed by atoms with Crippen LogP contribution in [0, 0.1) is 0 Å². The molecule has 3 aromatic heterocycles. The van der Waals surface area contributed by atoms with E-state index in [4.69, 9.17) is 9.47 Å². The first kappa shape index (κ1) is 21.6. The SMILES string of the molecule is CCOC(=O)c1c(-c2ccc(OCC)cc2)csc1NC(=O)Cc1cn2ccccc2n1. The summed E-state index contributed by atoms with van der Waals surface area (Å²) in [5.41, 5.74) is 3.32. The Labute approximate surface area is 189 Å². The number of hydrogen-bond acceptors (Lipinski definition) is 6. The van der Waals surface area contributed by atoms with Gasteiger partial charge in [-0.05, 0) is 43.7 Å². The Morgan fingerprint density at radius 3 is 2.62 bits per heavy atom.